The highest BCUT2D eigenvalue weighted by Crippen LogP contribution is 2.26. The maximum atomic E-state index is 13.7. The summed E-state index contributed by atoms with van der Waals surface area (Å²) in [5.74, 6) is -0.0693. The van der Waals surface area contributed by atoms with Crippen LogP contribution in [0.3, 0.4) is 0 Å². The maximum absolute atomic E-state index is 13.7. The van der Waals surface area contributed by atoms with Crippen LogP contribution in [-0.4, -0.2) is 34.9 Å². The quantitative estimate of drug-likeness (QED) is 0.375. The Bertz CT molecular complexity index is 1170. The molecule has 0 radical (unpaired) electrons. The van der Waals surface area contributed by atoms with Crippen molar-refractivity contribution >= 4 is 11.8 Å². The van der Waals surface area contributed by atoms with Gasteiger partial charge >= 0.3 is 0 Å². The molecular formula is C31H37FN2O3. The summed E-state index contributed by atoms with van der Waals surface area (Å²) >= 11 is 0. The highest BCUT2D eigenvalue weighted by atomic mass is 19.1. The van der Waals surface area contributed by atoms with E-state index in [2.05, 4.69) is 19.2 Å². The molecule has 0 bridgehead atoms. The van der Waals surface area contributed by atoms with E-state index >= 15 is 0 Å². The van der Waals surface area contributed by atoms with Crippen LogP contribution in [0.4, 0.5) is 4.39 Å². The number of hydrogen-bond acceptors (Lipinski definition) is 3. The monoisotopic (exact) mass is 504 g/mol. The Hall–Kier alpha value is -3.67. The molecule has 196 valence electrons. The molecule has 0 spiro atoms. The zero-order valence-electron chi connectivity index (χ0n) is 22.3. The molecule has 0 unspecified atom stereocenters. The Balaban J connectivity index is 1.94. The number of halogens is 1. The van der Waals surface area contributed by atoms with Crippen molar-refractivity contribution in [3.05, 3.63) is 101 Å². The average molecular weight is 505 g/mol. The number of carbonyl (C=O) groups is 2. The van der Waals surface area contributed by atoms with E-state index in [1.54, 1.807) is 17.0 Å². The summed E-state index contributed by atoms with van der Waals surface area (Å²) in [5, 5.41) is 3.03. The lowest BCUT2D eigenvalue weighted by Gasteiger charge is -2.34. The third-order valence-electron chi connectivity index (χ3n) is 5.93. The highest BCUT2D eigenvalue weighted by molar-refractivity contribution is 5.89. The molecule has 0 fully saturated rings. The van der Waals surface area contributed by atoms with Crippen molar-refractivity contribution in [1.29, 1.82) is 0 Å². The van der Waals surface area contributed by atoms with Crippen molar-refractivity contribution in [3.8, 4) is 5.75 Å². The molecule has 37 heavy (non-hydrogen) atoms. The number of nitrogens with zero attached hydrogens (tertiary/aromatic N) is 1. The fraction of sp³-hybridized carbons (Fsp3) is 0.355. The molecule has 3 aromatic rings. The molecule has 0 aliphatic rings. The number of hydrogen-bond donors (Lipinski definition) is 1. The van der Waals surface area contributed by atoms with Crippen LogP contribution in [0, 0.1) is 5.82 Å². The van der Waals surface area contributed by atoms with Gasteiger partial charge in [0.2, 0.25) is 5.91 Å². The van der Waals surface area contributed by atoms with Crippen LogP contribution >= 0.6 is 0 Å². The molecule has 6 heteroatoms. The predicted octanol–water partition coefficient (Wildman–Crippen LogP) is 5.88. The van der Waals surface area contributed by atoms with Crippen molar-refractivity contribution in [3.63, 3.8) is 0 Å². The molecule has 5 nitrogen and oxygen atoms in total. The lowest BCUT2D eigenvalue weighted by Crippen LogP contribution is -2.55. The molecule has 0 aromatic heterocycles. The van der Waals surface area contributed by atoms with Gasteiger partial charge in [-0.05, 0) is 61.6 Å². The van der Waals surface area contributed by atoms with Crippen molar-refractivity contribution in [2.24, 2.45) is 0 Å². The van der Waals surface area contributed by atoms with E-state index in [0.29, 0.717) is 12.2 Å². The summed E-state index contributed by atoms with van der Waals surface area (Å²) in [7, 11) is 0. The summed E-state index contributed by atoms with van der Waals surface area (Å²) in [6.45, 7) is 9.77. The van der Waals surface area contributed by atoms with Gasteiger partial charge < -0.3 is 15.0 Å². The van der Waals surface area contributed by atoms with E-state index in [-0.39, 0.29) is 36.7 Å². The topological polar surface area (TPSA) is 58.6 Å². The van der Waals surface area contributed by atoms with Crippen LogP contribution < -0.4 is 10.1 Å². The van der Waals surface area contributed by atoms with Crippen LogP contribution in [0.1, 0.15) is 57.2 Å². The zero-order valence-corrected chi connectivity index (χ0v) is 22.3. The molecule has 2 amide bonds. The Kier molecular flexibility index (Phi) is 9.45. The van der Waals surface area contributed by atoms with Crippen LogP contribution in [0.15, 0.2) is 78.9 Å². The van der Waals surface area contributed by atoms with Crippen molar-refractivity contribution in [2.75, 3.05) is 6.61 Å². The van der Waals surface area contributed by atoms with Crippen molar-refractivity contribution < 1.29 is 18.7 Å². The lowest BCUT2D eigenvalue weighted by atomic mass is 10.0. The first-order chi connectivity index (χ1) is 17.5. The van der Waals surface area contributed by atoms with Gasteiger partial charge in [0.15, 0.2) is 6.61 Å². The third kappa shape index (κ3) is 8.45. The van der Waals surface area contributed by atoms with Crippen LogP contribution in [0.2, 0.25) is 0 Å². The molecule has 0 saturated heterocycles. The number of rotatable bonds is 10. The van der Waals surface area contributed by atoms with Gasteiger partial charge in [0.05, 0.1) is 0 Å². The average Bonchev–Trinajstić information content (AvgIpc) is 2.85. The molecule has 3 aromatic carbocycles. The SMILES string of the molecule is CC(C)c1ccccc1OCC(=O)N(Cc1ccc(F)cc1)[C@H](Cc1ccccc1)C(=O)NC(C)(C)C. The highest BCUT2D eigenvalue weighted by Gasteiger charge is 2.32. The van der Waals surface area contributed by atoms with E-state index in [1.807, 2.05) is 75.4 Å². The number of ether oxygens (including phenoxy) is 1. The van der Waals surface area contributed by atoms with E-state index < -0.39 is 11.6 Å². The summed E-state index contributed by atoms with van der Waals surface area (Å²) in [6.07, 6.45) is 0.332. The third-order valence-corrected chi connectivity index (χ3v) is 5.93. The molecular weight excluding hydrogens is 467 g/mol. The minimum atomic E-state index is -0.789. The van der Waals surface area contributed by atoms with Crippen molar-refractivity contribution in [2.45, 2.75) is 65.1 Å². The normalized spacial score (nSPS) is 12.2. The van der Waals surface area contributed by atoms with Crippen molar-refractivity contribution in [1.82, 2.24) is 10.2 Å². The molecule has 3 rings (SSSR count). The lowest BCUT2D eigenvalue weighted by molar-refractivity contribution is -0.143. The van der Waals surface area contributed by atoms with Crippen LogP contribution in [-0.2, 0) is 22.6 Å². The number of nitrogens with one attached hydrogen (secondary N) is 1. The maximum Gasteiger partial charge on any atom is 0.261 e. The largest absolute Gasteiger partial charge is 0.483 e. The van der Waals surface area contributed by atoms with Gasteiger partial charge in [-0.15, -0.1) is 0 Å². The number of para-hydroxylation sites is 1. The fourth-order valence-electron chi connectivity index (χ4n) is 4.10. The molecule has 0 aliphatic carbocycles. The van der Waals surface area contributed by atoms with Gasteiger partial charge in [0.25, 0.3) is 5.91 Å². The molecule has 0 aliphatic heterocycles. The van der Waals surface area contributed by atoms with Gasteiger partial charge in [0.1, 0.15) is 17.6 Å². The van der Waals surface area contributed by atoms with E-state index in [4.69, 9.17) is 4.74 Å². The molecule has 0 heterocycles. The number of benzene rings is 3. The van der Waals surface area contributed by atoms with Gasteiger partial charge in [-0.3, -0.25) is 9.59 Å². The van der Waals surface area contributed by atoms with Gasteiger partial charge in [-0.2, -0.15) is 0 Å². The van der Waals surface area contributed by atoms with E-state index in [9.17, 15) is 14.0 Å². The minimum Gasteiger partial charge on any atom is -0.483 e. The Morgan fingerprint density at radius 2 is 1.51 bits per heavy atom. The first-order valence-corrected chi connectivity index (χ1v) is 12.6. The van der Waals surface area contributed by atoms with E-state index in [0.717, 1.165) is 16.7 Å². The van der Waals surface area contributed by atoms with Crippen LogP contribution in [0.5, 0.6) is 5.75 Å². The Labute approximate surface area is 219 Å². The zero-order chi connectivity index (χ0) is 27.0. The summed E-state index contributed by atoms with van der Waals surface area (Å²) < 4.78 is 19.6. The second kappa shape index (κ2) is 12.5. The number of amides is 2. The standard InChI is InChI=1S/C31H37FN2O3/c1-22(2)26-13-9-10-14-28(26)37-21-29(35)34(20-24-15-17-25(32)18-16-24)27(30(36)33-31(3,4)5)19-23-11-7-6-8-12-23/h6-18,22,27H,19-21H2,1-5H3,(H,33,36)/t27-/m1/s1. The summed E-state index contributed by atoms with van der Waals surface area (Å²) in [5.41, 5.74) is 2.17. The van der Waals surface area contributed by atoms with Gasteiger partial charge in [-0.1, -0.05) is 74.5 Å². The molecule has 1 N–H and O–H groups in total. The smallest absolute Gasteiger partial charge is 0.261 e. The second-order valence-electron chi connectivity index (χ2n) is 10.6. The molecule has 1 atom stereocenters. The predicted molar refractivity (Wildman–Crippen MR) is 145 cm³/mol. The summed E-state index contributed by atoms with van der Waals surface area (Å²) in [6, 6.07) is 22.4. The van der Waals surface area contributed by atoms with Crippen LogP contribution in [0.25, 0.3) is 0 Å². The first-order valence-electron chi connectivity index (χ1n) is 12.6. The summed E-state index contributed by atoms with van der Waals surface area (Å²) in [4.78, 5) is 28.8. The Morgan fingerprint density at radius 3 is 2.14 bits per heavy atom. The minimum absolute atomic E-state index is 0.142. The van der Waals surface area contributed by atoms with Gasteiger partial charge in [-0.25, -0.2) is 4.39 Å². The number of carbonyl (C=O) groups excluding carboxylic acids is 2. The molecule has 0 saturated carbocycles. The fourth-order valence-corrected chi connectivity index (χ4v) is 4.10. The van der Waals surface area contributed by atoms with E-state index in [1.165, 1.54) is 12.1 Å². The van der Waals surface area contributed by atoms with Gasteiger partial charge in [0, 0.05) is 18.5 Å². The Morgan fingerprint density at radius 1 is 0.892 bits per heavy atom. The first kappa shape index (κ1) is 27.9. The second-order valence-corrected chi connectivity index (χ2v) is 10.6.